The van der Waals surface area contributed by atoms with Gasteiger partial charge in [0.15, 0.2) is 0 Å². The van der Waals surface area contributed by atoms with E-state index in [4.69, 9.17) is 0 Å². The summed E-state index contributed by atoms with van der Waals surface area (Å²) in [5.41, 5.74) is 1.03. The Labute approximate surface area is 117 Å². The zero-order valence-electron chi connectivity index (χ0n) is 11.4. The van der Waals surface area contributed by atoms with Crippen LogP contribution in [0.4, 0.5) is 10.2 Å². The number of hydrogen-bond acceptors (Lipinski definition) is 3. The van der Waals surface area contributed by atoms with Gasteiger partial charge in [-0.1, -0.05) is 18.2 Å². The molecule has 1 unspecified atom stereocenters. The molecule has 0 fully saturated rings. The van der Waals surface area contributed by atoms with Gasteiger partial charge in [-0.15, -0.1) is 0 Å². The van der Waals surface area contributed by atoms with Gasteiger partial charge in [-0.3, -0.25) is 4.79 Å². The number of amides is 1. The Kier molecular flexibility index (Phi) is 4.30. The first-order valence-corrected chi connectivity index (χ1v) is 6.31. The molecule has 1 atom stereocenters. The van der Waals surface area contributed by atoms with Gasteiger partial charge in [-0.2, -0.15) is 0 Å². The topological polar surface area (TPSA) is 54.0 Å². The Bertz CT molecular complexity index is 616. The number of carbonyl (C=O) groups excluding carboxylic acids is 1. The molecule has 0 radical (unpaired) electrons. The molecule has 2 aromatic rings. The molecular weight excluding hydrogens is 257 g/mol. The molecule has 1 heterocycles. The van der Waals surface area contributed by atoms with Gasteiger partial charge in [-0.25, -0.2) is 9.37 Å². The predicted octanol–water partition coefficient (Wildman–Crippen LogP) is 2.75. The molecule has 1 amide bonds. The van der Waals surface area contributed by atoms with E-state index in [1.807, 2.05) is 0 Å². The van der Waals surface area contributed by atoms with Crippen LogP contribution in [0, 0.1) is 5.82 Å². The fourth-order valence-corrected chi connectivity index (χ4v) is 1.83. The Balaban J connectivity index is 2.10. The van der Waals surface area contributed by atoms with E-state index in [1.165, 1.54) is 12.1 Å². The summed E-state index contributed by atoms with van der Waals surface area (Å²) in [6, 6.07) is 11.0. The summed E-state index contributed by atoms with van der Waals surface area (Å²) in [5.74, 6) is 0.00817. The van der Waals surface area contributed by atoms with Crippen molar-refractivity contribution in [3.8, 4) is 0 Å². The average molecular weight is 273 g/mol. The molecule has 20 heavy (non-hydrogen) atoms. The van der Waals surface area contributed by atoms with Gasteiger partial charge in [0.25, 0.3) is 5.91 Å². The van der Waals surface area contributed by atoms with E-state index < -0.39 is 0 Å². The largest absolute Gasteiger partial charge is 0.373 e. The lowest BCUT2D eigenvalue weighted by molar-refractivity contribution is 0.0935. The molecule has 0 saturated carbocycles. The molecule has 2 N–H and O–H groups in total. The molecule has 0 bridgehead atoms. The van der Waals surface area contributed by atoms with Crippen LogP contribution in [0.2, 0.25) is 0 Å². The number of anilines is 1. The Hall–Kier alpha value is -2.43. The summed E-state index contributed by atoms with van der Waals surface area (Å²) < 4.78 is 13.2. The first-order chi connectivity index (χ1) is 9.60. The van der Waals surface area contributed by atoms with E-state index in [1.54, 1.807) is 44.3 Å². The van der Waals surface area contributed by atoms with Crippen LogP contribution in [0.15, 0.2) is 42.5 Å². The minimum Gasteiger partial charge on any atom is -0.373 e. The highest BCUT2D eigenvalue weighted by Crippen LogP contribution is 2.14. The summed E-state index contributed by atoms with van der Waals surface area (Å²) in [6.45, 7) is 1.80. The van der Waals surface area contributed by atoms with Crippen LogP contribution in [0.5, 0.6) is 0 Å². The highest BCUT2D eigenvalue weighted by molar-refractivity contribution is 5.92. The Morgan fingerprint density at radius 1 is 1.25 bits per heavy atom. The molecule has 104 valence electrons. The second-order valence-electron chi connectivity index (χ2n) is 4.41. The first-order valence-electron chi connectivity index (χ1n) is 6.31. The van der Waals surface area contributed by atoms with Crippen molar-refractivity contribution in [2.75, 3.05) is 12.4 Å². The summed E-state index contributed by atoms with van der Waals surface area (Å²) in [5, 5.41) is 5.67. The van der Waals surface area contributed by atoms with E-state index in [2.05, 4.69) is 15.6 Å². The lowest BCUT2D eigenvalue weighted by atomic mass is 10.1. The van der Waals surface area contributed by atoms with E-state index >= 15 is 0 Å². The maximum atomic E-state index is 13.2. The lowest BCUT2D eigenvalue weighted by Crippen LogP contribution is -2.27. The number of rotatable bonds is 4. The summed E-state index contributed by atoms with van der Waals surface area (Å²) in [6.07, 6.45) is 0. The number of halogens is 1. The van der Waals surface area contributed by atoms with Crippen molar-refractivity contribution in [1.29, 1.82) is 0 Å². The molecule has 0 aliphatic carbocycles. The molecule has 0 aliphatic heterocycles. The predicted molar refractivity (Wildman–Crippen MR) is 76.1 cm³/mol. The molecule has 2 rings (SSSR count). The van der Waals surface area contributed by atoms with E-state index in [9.17, 15) is 9.18 Å². The molecule has 0 aliphatic rings. The fourth-order valence-electron chi connectivity index (χ4n) is 1.83. The molecule has 0 spiro atoms. The smallest absolute Gasteiger partial charge is 0.270 e. The van der Waals surface area contributed by atoms with Crippen LogP contribution in [-0.2, 0) is 0 Å². The summed E-state index contributed by atoms with van der Waals surface area (Å²) in [7, 11) is 1.74. The summed E-state index contributed by atoms with van der Waals surface area (Å²) in [4.78, 5) is 16.2. The zero-order valence-corrected chi connectivity index (χ0v) is 11.4. The van der Waals surface area contributed by atoms with E-state index in [-0.39, 0.29) is 17.8 Å². The van der Waals surface area contributed by atoms with Crippen LogP contribution in [-0.4, -0.2) is 17.9 Å². The minimum atomic E-state index is -0.320. The zero-order chi connectivity index (χ0) is 14.5. The third-order valence-corrected chi connectivity index (χ3v) is 2.93. The van der Waals surface area contributed by atoms with Gasteiger partial charge in [0.05, 0.1) is 6.04 Å². The van der Waals surface area contributed by atoms with Crippen molar-refractivity contribution in [3.05, 3.63) is 59.5 Å². The van der Waals surface area contributed by atoms with Gasteiger partial charge in [-0.05, 0) is 36.8 Å². The van der Waals surface area contributed by atoms with Crippen LogP contribution in [0.1, 0.15) is 29.0 Å². The van der Waals surface area contributed by atoms with Crippen LogP contribution >= 0.6 is 0 Å². The number of aromatic nitrogens is 1. The highest BCUT2D eigenvalue weighted by Gasteiger charge is 2.13. The maximum Gasteiger partial charge on any atom is 0.270 e. The van der Waals surface area contributed by atoms with Gasteiger partial charge < -0.3 is 10.6 Å². The number of carbonyl (C=O) groups is 1. The van der Waals surface area contributed by atoms with Crippen LogP contribution in [0.25, 0.3) is 0 Å². The van der Waals surface area contributed by atoms with E-state index in [0.717, 1.165) is 0 Å². The average Bonchev–Trinajstić information content (AvgIpc) is 2.47. The van der Waals surface area contributed by atoms with Crippen molar-refractivity contribution < 1.29 is 9.18 Å². The maximum absolute atomic E-state index is 13.2. The Morgan fingerprint density at radius 3 is 2.70 bits per heavy atom. The summed E-state index contributed by atoms with van der Waals surface area (Å²) >= 11 is 0. The van der Waals surface area contributed by atoms with Crippen molar-refractivity contribution in [2.45, 2.75) is 13.0 Å². The quantitative estimate of drug-likeness (QED) is 0.900. The molecule has 1 aromatic carbocycles. The second-order valence-corrected chi connectivity index (χ2v) is 4.41. The van der Waals surface area contributed by atoms with Crippen molar-refractivity contribution in [1.82, 2.24) is 10.3 Å². The molecular formula is C15H16FN3O. The molecule has 0 saturated heterocycles. The van der Waals surface area contributed by atoms with Crippen molar-refractivity contribution >= 4 is 11.7 Å². The number of pyridine rings is 1. The van der Waals surface area contributed by atoms with Crippen LogP contribution in [0.3, 0.4) is 0 Å². The van der Waals surface area contributed by atoms with E-state index in [0.29, 0.717) is 17.1 Å². The number of nitrogens with one attached hydrogen (secondary N) is 2. The fraction of sp³-hybridized carbons (Fsp3) is 0.200. The van der Waals surface area contributed by atoms with Gasteiger partial charge in [0.2, 0.25) is 0 Å². The first kappa shape index (κ1) is 14.0. The molecule has 1 aromatic heterocycles. The second kappa shape index (κ2) is 6.14. The molecule has 4 nitrogen and oxygen atoms in total. The Morgan fingerprint density at radius 2 is 2.00 bits per heavy atom. The standard InChI is InChI=1S/C15H16FN3O/c1-10(11-5-3-6-12(16)9-11)18-15(20)13-7-4-8-14(17-2)19-13/h3-10H,1-2H3,(H,17,19)(H,18,20). The third kappa shape index (κ3) is 3.32. The normalized spacial score (nSPS) is 11.8. The van der Waals surface area contributed by atoms with Crippen LogP contribution < -0.4 is 10.6 Å². The SMILES string of the molecule is CNc1cccc(C(=O)NC(C)c2cccc(F)c2)n1. The lowest BCUT2D eigenvalue weighted by Gasteiger charge is -2.14. The van der Waals surface area contributed by atoms with Crippen molar-refractivity contribution in [3.63, 3.8) is 0 Å². The van der Waals surface area contributed by atoms with Gasteiger partial charge in [0.1, 0.15) is 17.3 Å². The van der Waals surface area contributed by atoms with Crippen molar-refractivity contribution in [2.24, 2.45) is 0 Å². The monoisotopic (exact) mass is 273 g/mol. The minimum absolute atomic E-state index is 0.293. The van der Waals surface area contributed by atoms with Gasteiger partial charge >= 0.3 is 0 Å². The highest BCUT2D eigenvalue weighted by atomic mass is 19.1. The van der Waals surface area contributed by atoms with Gasteiger partial charge in [0, 0.05) is 7.05 Å². The number of nitrogens with zero attached hydrogens (tertiary/aromatic N) is 1. The third-order valence-electron chi connectivity index (χ3n) is 2.93. The number of benzene rings is 1. The molecule has 5 heteroatoms. The number of hydrogen-bond donors (Lipinski definition) is 2.